The van der Waals surface area contributed by atoms with Crippen LogP contribution in [0.3, 0.4) is 0 Å². The van der Waals surface area contributed by atoms with Gasteiger partial charge in [-0.2, -0.15) is 5.10 Å². The summed E-state index contributed by atoms with van der Waals surface area (Å²) in [5.74, 6) is 1.06. The van der Waals surface area contributed by atoms with E-state index < -0.39 is 0 Å². The van der Waals surface area contributed by atoms with Crippen LogP contribution in [0.2, 0.25) is 0 Å². The first-order valence-corrected chi connectivity index (χ1v) is 8.23. The Morgan fingerprint density at radius 3 is 3.08 bits per heavy atom. The predicted molar refractivity (Wildman–Crippen MR) is 87.5 cm³/mol. The van der Waals surface area contributed by atoms with Crippen LogP contribution < -0.4 is 5.32 Å². The molecule has 2 aromatic rings. The lowest BCUT2D eigenvalue weighted by Gasteiger charge is -2.37. The van der Waals surface area contributed by atoms with E-state index in [1.54, 1.807) is 19.2 Å². The van der Waals surface area contributed by atoms with Crippen LogP contribution in [0.15, 0.2) is 29.0 Å². The van der Waals surface area contributed by atoms with Crippen molar-refractivity contribution >= 4 is 11.7 Å². The van der Waals surface area contributed by atoms with Crippen LogP contribution in [0.5, 0.6) is 0 Å². The van der Waals surface area contributed by atoms with Gasteiger partial charge in [-0.25, -0.2) is 0 Å². The van der Waals surface area contributed by atoms with Crippen LogP contribution in [-0.4, -0.2) is 57.6 Å². The van der Waals surface area contributed by atoms with Crippen molar-refractivity contribution in [2.75, 3.05) is 25.0 Å². The van der Waals surface area contributed by atoms with E-state index in [4.69, 9.17) is 9.26 Å². The minimum atomic E-state index is -0.217. The van der Waals surface area contributed by atoms with Gasteiger partial charge >= 0.3 is 0 Å². The molecule has 130 valence electrons. The van der Waals surface area contributed by atoms with Gasteiger partial charge in [-0.05, 0) is 19.4 Å². The highest BCUT2D eigenvalue weighted by Crippen LogP contribution is 2.15. The molecule has 3 heterocycles. The SMILES string of the molecule is CC[C@H](C(=O)Nc1cc(C)on1)N1CCO[C@@H](Cn2cccn2)C1. The third-order valence-electron chi connectivity index (χ3n) is 4.13. The molecule has 1 amide bonds. The fourth-order valence-corrected chi connectivity index (χ4v) is 3.00. The third-order valence-corrected chi connectivity index (χ3v) is 4.13. The number of anilines is 1. The summed E-state index contributed by atoms with van der Waals surface area (Å²) in [6.45, 7) is 6.53. The topological polar surface area (TPSA) is 85.4 Å². The van der Waals surface area contributed by atoms with E-state index in [-0.39, 0.29) is 18.1 Å². The molecule has 0 radical (unpaired) electrons. The Morgan fingerprint density at radius 1 is 1.54 bits per heavy atom. The molecule has 0 aliphatic carbocycles. The Morgan fingerprint density at radius 2 is 2.42 bits per heavy atom. The summed E-state index contributed by atoms with van der Waals surface area (Å²) in [7, 11) is 0. The minimum Gasteiger partial charge on any atom is -0.374 e. The number of hydrogen-bond donors (Lipinski definition) is 1. The minimum absolute atomic E-state index is 0.0230. The molecular formula is C16H23N5O3. The van der Waals surface area contributed by atoms with E-state index in [1.807, 2.05) is 23.9 Å². The van der Waals surface area contributed by atoms with Gasteiger partial charge in [0, 0.05) is 31.5 Å². The van der Waals surface area contributed by atoms with Gasteiger partial charge in [0.25, 0.3) is 0 Å². The van der Waals surface area contributed by atoms with E-state index in [1.165, 1.54) is 0 Å². The van der Waals surface area contributed by atoms with Gasteiger partial charge in [0.15, 0.2) is 5.82 Å². The van der Waals surface area contributed by atoms with Gasteiger partial charge in [-0.15, -0.1) is 0 Å². The fraction of sp³-hybridized carbons (Fsp3) is 0.562. The van der Waals surface area contributed by atoms with Crippen molar-refractivity contribution in [3.05, 3.63) is 30.3 Å². The number of carbonyl (C=O) groups is 1. The van der Waals surface area contributed by atoms with Gasteiger partial charge in [0.05, 0.1) is 25.3 Å². The molecule has 0 unspecified atom stereocenters. The van der Waals surface area contributed by atoms with Crippen molar-refractivity contribution in [2.45, 2.75) is 39.0 Å². The van der Waals surface area contributed by atoms with E-state index in [2.05, 4.69) is 20.5 Å². The maximum absolute atomic E-state index is 12.6. The van der Waals surface area contributed by atoms with E-state index in [0.29, 0.717) is 31.3 Å². The molecule has 0 saturated carbocycles. The standard InChI is InChI=1S/C16H23N5O3/c1-3-14(16(22)18-15-9-12(2)24-19-15)20-7-8-23-13(10-20)11-21-6-4-5-17-21/h4-6,9,13-14H,3,7-8,10-11H2,1-2H3,(H,18,19,22)/t13-,14-/m1/s1. The highest BCUT2D eigenvalue weighted by atomic mass is 16.5. The van der Waals surface area contributed by atoms with Crippen LogP contribution in [0.4, 0.5) is 5.82 Å². The number of aromatic nitrogens is 3. The van der Waals surface area contributed by atoms with Crippen molar-refractivity contribution in [1.29, 1.82) is 0 Å². The molecule has 2 aromatic heterocycles. The van der Waals surface area contributed by atoms with Gasteiger partial charge in [0.2, 0.25) is 5.91 Å². The lowest BCUT2D eigenvalue weighted by molar-refractivity contribution is -0.125. The first-order chi connectivity index (χ1) is 11.7. The third kappa shape index (κ3) is 4.01. The molecule has 8 nitrogen and oxygen atoms in total. The maximum Gasteiger partial charge on any atom is 0.242 e. The smallest absolute Gasteiger partial charge is 0.242 e. The summed E-state index contributed by atoms with van der Waals surface area (Å²) in [6.07, 6.45) is 4.41. The predicted octanol–water partition coefficient (Wildman–Crippen LogP) is 1.30. The molecule has 0 spiro atoms. The number of nitrogens with zero attached hydrogens (tertiary/aromatic N) is 4. The maximum atomic E-state index is 12.6. The molecule has 1 aliphatic heterocycles. The van der Waals surface area contributed by atoms with Crippen molar-refractivity contribution in [3.63, 3.8) is 0 Å². The van der Waals surface area contributed by atoms with Gasteiger partial charge < -0.3 is 14.6 Å². The van der Waals surface area contributed by atoms with Crippen LogP contribution in [0, 0.1) is 6.92 Å². The highest BCUT2D eigenvalue weighted by Gasteiger charge is 2.30. The second kappa shape index (κ2) is 7.59. The number of rotatable bonds is 6. The molecule has 3 rings (SSSR count). The summed E-state index contributed by atoms with van der Waals surface area (Å²) < 4.78 is 12.7. The number of amides is 1. The van der Waals surface area contributed by atoms with Crippen molar-refractivity contribution in [1.82, 2.24) is 19.8 Å². The highest BCUT2D eigenvalue weighted by molar-refractivity contribution is 5.94. The van der Waals surface area contributed by atoms with E-state index in [9.17, 15) is 4.79 Å². The van der Waals surface area contributed by atoms with E-state index in [0.717, 1.165) is 13.0 Å². The summed E-state index contributed by atoms with van der Waals surface area (Å²) in [6, 6.07) is 3.39. The first-order valence-electron chi connectivity index (χ1n) is 8.23. The summed E-state index contributed by atoms with van der Waals surface area (Å²) in [5, 5.41) is 10.9. The van der Waals surface area contributed by atoms with Crippen LogP contribution >= 0.6 is 0 Å². The average Bonchev–Trinajstić information content (AvgIpc) is 3.20. The normalized spacial score (nSPS) is 20.0. The van der Waals surface area contributed by atoms with Gasteiger partial charge in [-0.1, -0.05) is 12.1 Å². The zero-order valence-corrected chi connectivity index (χ0v) is 14.0. The number of morpholine rings is 1. The summed E-state index contributed by atoms with van der Waals surface area (Å²) in [5.41, 5.74) is 0. The molecular weight excluding hydrogens is 310 g/mol. The molecule has 1 aliphatic rings. The molecule has 1 fully saturated rings. The van der Waals surface area contributed by atoms with Crippen molar-refractivity contribution < 1.29 is 14.1 Å². The molecule has 2 atom stereocenters. The quantitative estimate of drug-likeness (QED) is 0.857. The number of ether oxygens (including phenoxy) is 1. The van der Waals surface area contributed by atoms with Crippen LogP contribution in [-0.2, 0) is 16.1 Å². The monoisotopic (exact) mass is 333 g/mol. The summed E-state index contributed by atoms with van der Waals surface area (Å²) >= 11 is 0. The number of aryl methyl sites for hydroxylation is 1. The van der Waals surface area contributed by atoms with Gasteiger partial charge in [-0.3, -0.25) is 14.4 Å². The molecule has 1 N–H and O–H groups in total. The summed E-state index contributed by atoms with van der Waals surface area (Å²) in [4.78, 5) is 14.7. The molecule has 0 bridgehead atoms. The van der Waals surface area contributed by atoms with Crippen LogP contribution in [0.25, 0.3) is 0 Å². The lowest BCUT2D eigenvalue weighted by atomic mass is 10.1. The Bertz CT molecular complexity index is 654. The number of carbonyl (C=O) groups excluding carboxylic acids is 1. The Labute approximate surface area is 140 Å². The Kier molecular flexibility index (Phi) is 5.27. The second-order valence-corrected chi connectivity index (χ2v) is 5.95. The molecule has 0 aromatic carbocycles. The number of hydrogen-bond acceptors (Lipinski definition) is 6. The first kappa shape index (κ1) is 16.7. The van der Waals surface area contributed by atoms with Gasteiger partial charge in [0.1, 0.15) is 5.76 Å². The molecule has 24 heavy (non-hydrogen) atoms. The Hall–Kier alpha value is -2.19. The largest absolute Gasteiger partial charge is 0.374 e. The van der Waals surface area contributed by atoms with Crippen LogP contribution in [0.1, 0.15) is 19.1 Å². The fourth-order valence-electron chi connectivity index (χ4n) is 3.00. The lowest BCUT2D eigenvalue weighted by Crippen LogP contribution is -2.52. The average molecular weight is 333 g/mol. The second-order valence-electron chi connectivity index (χ2n) is 5.95. The van der Waals surface area contributed by atoms with Crippen molar-refractivity contribution in [2.24, 2.45) is 0 Å². The number of nitrogens with one attached hydrogen (secondary N) is 1. The Balaban J connectivity index is 1.60. The van der Waals surface area contributed by atoms with Crippen molar-refractivity contribution in [3.8, 4) is 0 Å². The molecule has 8 heteroatoms. The zero-order chi connectivity index (χ0) is 16.9. The zero-order valence-electron chi connectivity index (χ0n) is 14.0. The molecule has 1 saturated heterocycles. The van der Waals surface area contributed by atoms with E-state index >= 15 is 0 Å².